The summed E-state index contributed by atoms with van der Waals surface area (Å²) in [4.78, 5) is 22.6. The number of amides is 1. The van der Waals surface area contributed by atoms with Gasteiger partial charge in [0.25, 0.3) is 0 Å². The average Bonchev–Trinajstić information content (AvgIpc) is 3.23. The van der Waals surface area contributed by atoms with Crippen molar-refractivity contribution in [1.82, 2.24) is 5.32 Å². The van der Waals surface area contributed by atoms with Crippen molar-refractivity contribution >= 4 is 11.9 Å². The second-order valence-corrected chi connectivity index (χ2v) is 5.36. The Bertz CT molecular complexity index is 544. The standard InChI is InChI=1S/C15H17F2NO3/c16-11-5-1-9(7-12(11)17)2-6-14(19)18-13(8-15(20)21)10-3-4-10/h1,5,7,10,13H,2-4,6,8H2,(H,18,19)(H,20,21). The lowest BCUT2D eigenvalue weighted by atomic mass is 10.1. The van der Waals surface area contributed by atoms with Crippen LogP contribution >= 0.6 is 0 Å². The summed E-state index contributed by atoms with van der Waals surface area (Å²) in [5.41, 5.74) is 0.533. The van der Waals surface area contributed by atoms with E-state index in [9.17, 15) is 18.4 Å². The van der Waals surface area contributed by atoms with Gasteiger partial charge >= 0.3 is 5.97 Å². The maximum Gasteiger partial charge on any atom is 0.305 e. The first-order valence-corrected chi connectivity index (χ1v) is 6.91. The van der Waals surface area contributed by atoms with Gasteiger partial charge in [-0.25, -0.2) is 8.78 Å². The van der Waals surface area contributed by atoms with E-state index in [-0.39, 0.29) is 37.1 Å². The van der Waals surface area contributed by atoms with Gasteiger partial charge in [-0.2, -0.15) is 0 Å². The van der Waals surface area contributed by atoms with Crippen LogP contribution in [0.15, 0.2) is 18.2 Å². The summed E-state index contributed by atoms with van der Waals surface area (Å²) in [6, 6.07) is 3.19. The number of hydrogen-bond acceptors (Lipinski definition) is 2. The third-order valence-corrected chi connectivity index (χ3v) is 3.56. The van der Waals surface area contributed by atoms with Crippen molar-refractivity contribution in [2.24, 2.45) is 5.92 Å². The minimum atomic E-state index is -0.937. The van der Waals surface area contributed by atoms with Crippen molar-refractivity contribution in [1.29, 1.82) is 0 Å². The van der Waals surface area contributed by atoms with Gasteiger partial charge in [0.2, 0.25) is 5.91 Å². The number of aryl methyl sites for hydroxylation is 1. The molecule has 1 aromatic rings. The van der Waals surface area contributed by atoms with Gasteiger partial charge in [0.1, 0.15) is 0 Å². The largest absolute Gasteiger partial charge is 0.481 e. The number of benzene rings is 1. The van der Waals surface area contributed by atoms with Crippen LogP contribution in [0.3, 0.4) is 0 Å². The van der Waals surface area contributed by atoms with Gasteiger partial charge in [0.15, 0.2) is 11.6 Å². The van der Waals surface area contributed by atoms with Crippen molar-refractivity contribution in [3.05, 3.63) is 35.4 Å². The molecule has 2 N–H and O–H groups in total. The van der Waals surface area contributed by atoms with Crippen LogP contribution in [0.25, 0.3) is 0 Å². The molecule has 1 aliphatic rings. The van der Waals surface area contributed by atoms with Gasteiger partial charge < -0.3 is 10.4 Å². The lowest BCUT2D eigenvalue weighted by Crippen LogP contribution is -2.38. The van der Waals surface area contributed by atoms with E-state index in [1.54, 1.807) is 0 Å². The molecule has 1 aliphatic carbocycles. The number of carbonyl (C=O) groups is 2. The van der Waals surface area contributed by atoms with Crippen LogP contribution in [0, 0.1) is 17.6 Å². The Morgan fingerprint density at radius 2 is 2.00 bits per heavy atom. The minimum absolute atomic E-state index is 0.0818. The molecule has 21 heavy (non-hydrogen) atoms. The van der Waals surface area contributed by atoms with Gasteiger partial charge in [-0.05, 0) is 42.9 Å². The molecule has 0 saturated heterocycles. The molecule has 1 amide bonds. The first-order chi connectivity index (χ1) is 9.95. The van der Waals surface area contributed by atoms with E-state index >= 15 is 0 Å². The second kappa shape index (κ2) is 6.65. The molecule has 1 atom stereocenters. The molecule has 1 unspecified atom stereocenters. The van der Waals surface area contributed by atoms with Gasteiger partial charge in [0, 0.05) is 12.5 Å². The summed E-state index contributed by atoms with van der Waals surface area (Å²) in [5, 5.41) is 11.5. The van der Waals surface area contributed by atoms with Crippen LogP contribution in [0.5, 0.6) is 0 Å². The van der Waals surface area contributed by atoms with Crippen molar-refractivity contribution < 1.29 is 23.5 Å². The normalized spacial score (nSPS) is 15.5. The Kier molecular flexibility index (Phi) is 4.88. The molecule has 4 nitrogen and oxygen atoms in total. The van der Waals surface area contributed by atoms with Crippen LogP contribution in [0.4, 0.5) is 8.78 Å². The topological polar surface area (TPSA) is 66.4 Å². The number of carbonyl (C=O) groups excluding carboxylic acids is 1. The van der Waals surface area contributed by atoms with E-state index in [1.807, 2.05) is 0 Å². The number of nitrogens with one attached hydrogen (secondary N) is 1. The first-order valence-electron chi connectivity index (χ1n) is 6.91. The molecule has 0 aromatic heterocycles. The highest BCUT2D eigenvalue weighted by Crippen LogP contribution is 2.34. The van der Waals surface area contributed by atoms with Crippen LogP contribution in [-0.2, 0) is 16.0 Å². The summed E-state index contributed by atoms with van der Waals surface area (Å²) in [7, 11) is 0. The van der Waals surface area contributed by atoms with Crippen molar-refractivity contribution in [2.75, 3.05) is 0 Å². The first kappa shape index (κ1) is 15.4. The molecular formula is C15H17F2NO3. The fourth-order valence-electron chi connectivity index (χ4n) is 2.25. The molecule has 0 bridgehead atoms. The Balaban J connectivity index is 1.83. The van der Waals surface area contributed by atoms with Crippen molar-refractivity contribution in [3.63, 3.8) is 0 Å². The molecule has 1 saturated carbocycles. The second-order valence-electron chi connectivity index (χ2n) is 5.36. The maximum atomic E-state index is 13.0. The summed E-state index contributed by atoms with van der Waals surface area (Å²) >= 11 is 0. The van der Waals surface area contributed by atoms with Gasteiger partial charge in [-0.3, -0.25) is 9.59 Å². The quantitative estimate of drug-likeness (QED) is 0.811. The highest BCUT2D eigenvalue weighted by molar-refractivity contribution is 5.77. The monoisotopic (exact) mass is 297 g/mol. The number of halogens is 2. The highest BCUT2D eigenvalue weighted by Gasteiger charge is 2.33. The van der Waals surface area contributed by atoms with E-state index in [1.165, 1.54) is 6.07 Å². The van der Waals surface area contributed by atoms with Crippen LogP contribution in [0.2, 0.25) is 0 Å². The third-order valence-electron chi connectivity index (χ3n) is 3.56. The predicted octanol–water partition coefficient (Wildman–Crippen LogP) is 2.27. The smallest absolute Gasteiger partial charge is 0.305 e. The Hall–Kier alpha value is -1.98. The van der Waals surface area contributed by atoms with Crippen LogP contribution in [-0.4, -0.2) is 23.0 Å². The fraction of sp³-hybridized carbons (Fsp3) is 0.467. The predicted molar refractivity (Wildman–Crippen MR) is 71.6 cm³/mol. The maximum absolute atomic E-state index is 13.0. The molecule has 114 valence electrons. The van der Waals surface area contributed by atoms with E-state index in [0.29, 0.717) is 5.56 Å². The molecule has 0 aliphatic heterocycles. The number of rotatable bonds is 7. The lowest BCUT2D eigenvalue weighted by Gasteiger charge is -2.16. The molecule has 6 heteroatoms. The van der Waals surface area contributed by atoms with E-state index in [0.717, 1.165) is 25.0 Å². The van der Waals surface area contributed by atoms with Gasteiger partial charge in [-0.1, -0.05) is 6.07 Å². The summed E-state index contributed by atoms with van der Waals surface area (Å²) < 4.78 is 25.8. The van der Waals surface area contributed by atoms with Crippen molar-refractivity contribution in [2.45, 2.75) is 38.1 Å². The zero-order valence-corrected chi connectivity index (χ0v) is 11.4. The molecule has 1 aromatic carbocycles. The molecule has 0 spiro atoms. The SMILES string of the molecule is O=C(O)CC(NC(=O)CCc1ccc(F)c(F)c1)C1CC1. The Labute approximate surface area is 121 Å². The van der Waals surface area contributed by atoms with E-state index in [2.05, 4.69) is 5.32 Å². The highest BCUT2D eigenvalue weighted by atomic mass is 19.2. The fourth-order valence-corrected chi connectivity index (χ4v) is 2.25. The molecule has 2 rings (SSSR count). The lowest BCUT2D eigenvalue weighted by molar-refractivity contribution is -0.137. The third kappa shape index (κ3) is 4.81. The van der Waals surface area contributed by atoms with Gasteiger partial charge in [0.05, 0.1) is 6.42 Å². The number of aliphatic carboxylic acids is 1. The number of hydrogen-bond donors (Lipinski definition) is 2. The molecule has 1 fully saturated rings. The number of carboxylic acid groups (broad SMARTS) is 1. The molecular weight excluding hydrogens is 280 g/mol. The summed E-state index contributed by atoms with van der Waals surface area (Å²) in [6.07, 6.45) is 2.19. The summed E-state index contributed by atoms with van der Waals surface area (Å²) in [5.74, 6) is -2.81. The number of carboxylic acids is 1. The van der Waals surface area contributed by atoms with Crippen LogP contribution < -0.4 is 5.32 Å². The van der Waals surface area contributed by atoms with Crippen LogP contribution in [0.1, 0.15) is 31.2 Å². The molecule has 0 heterocycles. The zero-order chi connectivity index (χ0) is 15.4. The van der Waals surface area contributed by atoms with Gasteiger partial charge in [-0.15, -0.1) is 0 Å². The minimum Gasteiger partial charge on any atom is -0.481 e. The Morgan fingerprint density at radius 1 is 1.29 bits per heavy atom. The van der Waals surface area contributed by atoms with E-state index < -0.39 is 17.6 Å². The van der Waals surface area contributed by atoms with Crippen molar-refractivity contribution in [3.8, 4) is 0 Å². The Morgan fingerprint density at radius 3 is 2.57 bits per heavy atom. The average molecular weight is 297 g/mol. The summed E-state index contributed by atoms with van der Waals surface area (Å²) in [6.45, 7) is 0. The zero-order valence-electron chi connectivity index (χ0n) is 11.4. The molecule has 0 radical (unpaired) electrons. The van der Waals surface area contributed by atoms with E-state index in [4.69, 9.17) is 5.11 Å².